The molecule has 25 heavy (non-hydrogen) atoms. The second-order valence-electron chi connectivity index (χ2n) is 6.57. The van der Waals surface area contributed by atoms with E-state index in [-0.39, 0.29) is 17.8 Å². The van der Waals surface area contributed by atoms with Crippen molar-refractivity contribution in [2.45, 2.75) is 25.4 Å². The number of hydrogen-bond acceptors (Lipinski definition) is 4. The summed E-state index contributed by atoms with van der Waals surface area (Å²) < 4.78 is 13.4. The van der Waals surface area contributed by atoms with Crippen molar-refractivity contribution in [2.24, 2.45) is 5.92 Å². The van der Waals surface area contributed by atoms with Crippen LogP contribution in [0.2, 0.25) is 0 Å². The molecule has 1 aromatic carbocycles. The lowest BCUT2D eigenvalue weighted by Gasteiger charge is -2.27. The van der Waals surface area contributed by atoms with Crippen molar-refractivity contribution >= 4 is 0 Å². The Morgan fingerprint density at radius 1 is 1.12 bits per heavy atom. The zero-order valence-electron chi connectivity index (χ0n) is 14.0. The van der Waals surface area contributed by atoms with E-state index in [9.17, 15) is 4.39 Å². The number of halogens is 1. The second kappa shape index (κ2) is 6.72. The van der Waals surface area contributed by atoms with Crippen LogP contribution in [0.5, 0.6) is 0 Å². The number of likely N-dealkylation sites (tertiary alicyclic amines) is 1. The summed E-state index contributed by atoms with van der Waals surface area (Å²) in [4.78, 5) is 18.8. The molecule has 3 aromatic rings. The molecule has 0 spiro atoms. The van der Waals surface area contributed by atoms with Gasteiger partial charge in [-0.15, -0.1) is 0 Å². The Morgan fingerprint density at radius 3 is 2.56 bits per heavy atom. The van der Waals surface area contributed by atoms with E-state index in [0.29, 0.717) is 12.5 Å². The van der Waals surface area contributed by atoms with Crippen LogP contribution in [0.15, 0.2) is 55.1 Å². The highest BCUT2D eigenvalue weighted by Gasteiger charge is 2.42. The zero-order chi connectivity index (χ0) is 17.2. The monoisotopic (exact) mass is 337 g/mol. The Kier molecular flexibility index (Phi) is 4.28. The first-order valence-corrected chi connectivity index (χ1v) is 8.47. The molecule has 3 heterocycles. The third-order valence-corrected chi connectivity index (χ3v) is 4.88. The summed E-state index contributed by atoms with van der Waals surface area (Å²) in [5.74, 6) is 2.16. The van der Waals surface area contributed by atoms with E-state index < -0.39 is 0 Å². The molecule has 2 aromatic heterocycles. The lowest BCUT2D eigenvalue weighted by Crippen LogP contribution is -2.26. The molecule has 128 valence electrons. The number of imidazole rings is 1. The highest BCUT2D eigenvalue weighted by molar-refractivity contribution is 5.26. The fourth-order valence-electron chi connectivity index (χ4n) is 3.85. The lowest BCUT2D eigenvalue weighted by molar-refractivity contribution is 0.230. The van der Waals surface area contributed by atoms with Crippen LogP contribution in [-0.2, 0) is 6.54 Å². The number of aromatic amines is 1. The Labute approximate surface area is 146 Å². The number of hydrogen-bond donors (Lipinski definition) is 1. The minimum Gasteiger partial charge on any atom is -0.348 e. The molecular weight excluding hydrogens is 317 g/mol. The van der Waals surface area contributed by atoms with Crippen LogP contribution < -0.4 is 0 Å². The van der Waals surface area contributed by atoms with Crippen molar-refractivity contribution in [3.8, 4) is 0 Å². The number of H-pyrrole nitrogens is 1. The van der Waals surface area contributed by atoms with E-state index in [2.05, 4.69) is 31.8 Å². The molecule has 0 aliphatic carbocycles. The minimum atomic E-state index is -0.220. The number of aromatic nitrogens is 4. The molecule has 0 amide bonds. The Hall–Kier alpha value is -2.60. The predicted octanol–water partition coefficient (Wildman–Crippen LogP) is 3.32. The summed E-state index contributed by atoms with van der Waals surface area (Å²) in [6, 6.07) is 8.70. The zero-order valence-corrected chi connectivity index (χ0v) is 14.0. The normalized spacial score (nSPS) is 23.8. The summed E-state index contributed by atoms with van der Waals surface area (Å²) in [6.45, 7) is 3.80. The maximum atomic E-state index is 13.4. The van der Waals surface area contributed by atoms with Crippen LogP contribution in [0.25, 0.3) is 0 Å². The standard InChI is InChI=1S/C19H20FN5/c1-13-11-25(12-16-21-7-2-8-22-16)18(14-3-5-15(20)6-4-14)17(13)19-23-9-10-24-19/h2-10,13,17-18H,11-12H2,1H3,(H,23,24)/t13-,17+,18?/m0/s1. The van der Waals surface area contributed by atoms with Gasteiger partial charge in [0.25, 0.3) is 0 Å². The van der Waals surface area contributed by atoms with Gasteiger partial charge in [0, 0.05) is 43.3 Å². The Morgan fingerprint density at radius 2 is 1.88 bits per heavy atom. The van der Waals surface area contributed by atoms with Crippen LogP contribution in [0.4, 0.5) is 4.39 Å². The van der Waals surface area contributed by atoms with E-state index in [1.54, 1.807) is 18.6 Å². The van der Waals surface area contributed by atoms with Gasteiger partial charge in [-0.3, -0.25) is 4.90 Å². The number of nitrogens with one attached hydrogen (secondary N) is 1. The van der Waals surface area contributed by atoms with E-state index in [4.69, 9.17) is 0 Å². The summed E-state index contributed by atoms with van der Waals surface area (Å²) >= 11 is 0. The van der Waals surface area contributed by atoms with Crippen molar-refractivity contribution < 1.29 is 4.39 Å². The van der Waals surface area contributed by atoms with Gasteiger partial charge >= 0.3 is 0 Å². The summed E-state index contributed by atoms with van der Waals surface area (Å²) in [5.41, 5.74) is 1.09. The first-order valence-electron chi connectivity index (χ1n) is 8.47. The fourth-order valence-corrected chi connectivity index (χ4v) is 3.85. The summed E-state index contributed by atoms with van der Waals surface area (Å²) in [5, 5.41) is 0. The molecule has 1 fully saturated rings. The van der Waals surface area contributed by atoms with Crippen LogP contribution in [0, 0.1) is 11.7 Å². The fraction of sp³-hybridized carbons (Fsp3) is 0.316. The topological polar surface area (TPSA) is 57.7 Å². The van der Waals surface area contributed by atoms with Gasteiger partial charge in [-0.25, -0.2) is 19.3 Å². The van der Waals surface area contributed by atoms with Crippen molar-refractivity contribution in [1.82, 2.24) is 24.8 Å². The highest BCUT2D eigenvalue weighted by atomic mass is 19.1. The molecule has 5 nitrogen and oxygen atoms in total. The summed E-state index contributed by atoms with van der Waals surface area (Å²) in [6.07, 6.45) is 7.16. The quantitative estimate of drug-likeness (QED) is 0.793. The minimum absolute atomic E-state index is 0.102. The van der Waals surface area contributed by atoms with E-state index in [1.165, 1.54) is 12.1 Å². The second-order valence-corrected chi connectivity index (χ2v) is 6.57. The van der Waals surface area contributed by atoms with E-state index in [1.807, 2.05) is 24.4 Å². The van der Waals surface area contributed by atoms with Gasteiger partial charge in [-0.2, -0.15) is 0 Å². The molecule has 1 aliphatic rings. The maximum Gasteiger partial charge on any atom is 0.142 e. The molecule has 0 radical (unpaired) electrons. The first-order chi connectivity index (χ1) is 12.2. The average Bonchev–Trinajstić information content (AvgIpc) is 3.24. The van der Waals surface area contributed by atoms with E-state index in [0.717, 1.165) is 23.8 Å². The highest BCUT2D eigenvalue weighted by Crippen LogP contribution is 2.46. The Balaban J connectivity index is 1.71. The van der Waals surface area contributed by atoms with Gasteiger partial charge < -0.3 is 4.98 Å². The van der Waals surface area contributed by atoms with Crippen molar-refractivity contribution in [3.05, 3.63) is 78.1 Å². The maximum absolute atomic E-state index is 13.4. The van der Waals surface area contributed by atoms with Gasteiger partial charge in [0.2, 0.25) is 0 Å². The third kappa shape index (κ3) is 3.17. The Bertz CT molecular complexity index is 804. The van der Waals surface area contributed by atoms with Crippen molar-refractivity contribution in [2.75, 3.05) is 6.54 Å². The molecule has 1 unspecified atom stereocenters. The molecule has 3 atom stereocenters. The van der Waals surface area contributed by atoms with Gasteiger partial charge in [-0.1, -0.05) is 19.1 Å². The largest absolute Gasteiger partial charge is 0.348 e. The van der Waals surface area contributed by atoms with Crippen molar-refractivity contribution in [1.29, 1.82) is 0 Å². The van der Waals surface area contributed by atoms with Gasteiger partial charge in [-0.05, 0) is 29.7 Å². The van der Waals surface area contributed by atoms with Crippen LogP contribution in [0.3, 0.4) is 0 Å². The van der Waals surface area contributed by atoms with Gasteiger partial charge in [0.15, 0.2) is 0 Å². The molecule has 6 heteroatoms. The number of rotatable bonds is 4. The number of benzene rings is 1. The smallest absolute Gasteiger partial charge is 0.142 e. The predicted molar refractivity (Wildman–Crippen MR) is 92.1 cm³/mol. The molecule has 0 bridgehead atoms. The van der Waals surface area contributed by atoms with Gasteiger partial charge in [0.1, 0.15) is 17.5 Å². The first kappa shape index (κ1) is 15.9. The molecule has 0 saturated carbocycles. The molecule has 1 saturated heterocycles. The van der Waals surface area contributed by atoms with E-state index >= 15 is 0 Å². The average molecular weight is 337 g/mol. The SMILES string of the molecule is C[C@H]1CN(Cc2ncccn2)C(c2ccc(F)cc2)[C@@H]1c1ncc[nH]1. The number of nitrogens with zero attached hydrogens (tertiary/aromatic N) is 4. The molecule has 1 aliphatic heterocycles. The third-order valence-electron chi connectivity index (χ3n) is 4.88. The van der Waals surface area contributed by atoms with Crippen LogP contribution in [-0.4, -0.2) is 31.4 Å². The lowest BCUT2D eigenvalue weighted by atomic mass is 9.87. The van der Waals surface area contributed by atoms with Crippen LogP contribution >= 0.6 is 0 Å². The van der Waals surface area contributed by atoms with Crippen molar-refractivity contribution in [3.63, 3.8) is 0 Å². The summed E-state index contributed by atoms with van der Waals surface area (Å²) in [7, 11) is 0. The van der Waals surface area contributed by atoms with Gasteiger partial charge in [0.05, 0.1) is 6.54 Å². The molecular formula is C19H20FN5. The van der Waals surface area contributed by atoms with Crippen LogP contribution in [0.1, 0.15) is 36.1 Å². The molecule has 1 N–H and O–H groups in total. The molecule has 4 rings (SSSR count).